The molecule has 2 aliphatic carbocycles. The molecule has 1 amide bonds. The van der Waals surface area contributed by atoms with E-state index in [-0.39, 0.29) is 11.5 Å². The fourth-order valence-corrected chi connectivity index (χ4v) is 2.92. The third kappa shape index (κ3) is 5.41. The van der Waals surface area contributed by atoms with Crippen molar-refractivity contribution in [3.05, 3.63) is 0 Å². The Balaban J connectivity index is 1.67. The average Bonchev–Trinajstić information content (AvgIpc) is 3.28. The van der Waals surface area contributed by atoms with Crippen LogP contribution in [0, 0.1) is 5.92 Å². The van der Waals surface area contributed by atoms with E-state index in [0.717, 1.165) is 38.3 Å². The van der Waals surface area contributed by atoms with Crippen molar-refractivity contribution in [2.75, 3.05) is 26.2 Å². The van der Waals surface area contributed by atoms with Gasteiger partial charge in [0.25, 0.3) is 0 Å². The van der Waals surface area contributed by atoms with Gasteiger partial charge in [-0.3, -0.25) is 4.79 Å². The maximum atomic E-state index is 11.9. The standard InChI is InChI=1S/C16H30N2O2/c1-2-10-20-16(8-4-3-5-9-16)13-18-15(19)12-17-11-14-6-7-14/h14,17H,2-13H2,1H3,(H,18,19). The molecule has 2 rings (SSSR count). The highest BCUT2D eigenvalue weighted by molar-refractivity contribution is 5.78. The molecule has 0 aromatic rings. The minimum absolute atomic E-state index is 0.0968. The fraction of sp³-hybridized carbons (Fsp3) is 0.938. The van der Waals surface area contributed by atoms with Crippen molar-refractivity contribution >= 4 is 5.91 Å². The lowest BCUT2D eigenvalue weighted by molar-refractivity contribution is -0.123. The van der Waals surface area contributed by atoms with Crippen molar-refractivity contribution in [1.82, 2.24) is 10.6 Å². The van der Waals surface area contributed by atoms with E-state index in [1.165, 1.54) is 32.1 Å². The SMILES string of the molecule is CCCOC1(CNC(=O)CNCC2CC2)CCCCC1. The van der Waals surface area contributed by atoms with Gasteiger partial charge in [-0.25, -0.2) is 0 Å². The summed E-state index contributed by atoms with van der Waals surface area (Å²) in [5.74, 6) is 0.927. The number of nitrogens with one attached hydrogen (secondary N) is 2. The van der Waals surface area contributed by atoms with E-state index in [4.69, 9.17) is 4.74 Å². The molecule has 0 unspecified atom stereocenters. The number of hydrogen-bond donors (Lipinski definition) is 2. The fourth-order valence-electron chi connectivity index (χ4n) is 2.92. The van der Waals surface area contributed by atoms with Crippen LogP contribution < -0.4 is 10.6 Å². The first-order chi connectivity index (χ1) is 9.74. The molecule has 2 saturated carbocycles. The quantitative estimate of drug-likeness (QED) is 0.682. The normalized spacial score (nSPS) is 21.6. The first-order valence-electron chi connectivity index (χ1n) is 8.35. The lowest BCUT2D eigenvalue weighted by Crippen LogP contribution is -2.48. The predicted octanol–water partition coefficient (Wildman–Crippen LogP) is 2.23. The van der Waals surface area contributed by atoms with Gasteiger partial charge in [0.05, 0.1) is 12.1 Å². The van der Waals surface area contributed by atoms with E-state index in [9.17, 15) is 4.79 Å². The smallest absolute Gasteiger partial charge is 0.234 e. The molecule has 2 fully saturated rings. The molecular weight excluding hydrogens is 252 g/mol. The summed E-state index contributed by atoms with van der Waals surface area (Å²) in [5.41, 5.74) is -0.0968. The van der Waals surface area contributed by atoms with Crippen LogP contribution in [0.15, 0.2) is 0 Å². The van der Waals surface area contributed by atoms with Gasteiger partial charge in [0.15, 0.2) is 0 Å². The molecule has 0 aromatic heterocycles. The van der Waals surface area contributed by atoms with E-state index in [1.807, 2.05) is 0 Å². The van der Waals surface area contributed by atoms with E-state index >= 15 is 0 Å². The van der Waals surface area contributed by atoms with Crippen LogP contribution in [0.2, 0.25) is 0 Å². The molecule has 0 aromatic carbocycles. The zero-order valence-electron chi connectivity index (χ0n) is 12.9. The minimum Gasteiger partial charge on any atom is -0.373 e. The van der Waals surface area contributed by atoms with Gasteiger partial charge in [-0.1, -0.05) is 26.2 Å². The first-order valence-corrected chi connectivity index (χ1v) is 8.35. The van der Waals surface area contributed by atoms with Crippen LogP contribution in [0.3, 0.4) is 0 Å². The van der Waals surface area contributed by atoms with Gasteiger partial charge in [-0.15, -0.1) is 0 Å². The predicted molar refractivity (Wildman–Crippen MR) is 80.7 cm³/mol. The molecule has 2 N–H and O–H groups in total. The summed E-state index contributed by atoms with van der Waals surface area (Å²) in [7, 11) is 0. The molecule has 4 nitrogen and oxygen atoms in total. The summed E-state index contributed by atoms with van der Waals surface area (Å²) in [5, 5.41) is 6.31. The number of hydrogen-bond acceptors (Lipinski definition) is 3. The van der Waals surface area contributed by atoms with Crippen molar-refractivity contribution < 1.29 is 9.53 Å². The van der Waals surface area contributed by atoms with Gasteiger partial charge in [-0.2, -0.15) is 0 Å². The molecule has 0 spiro atoms. The van der Waals surface area contributed by atoms with Crippen LogP contribution in [0.1, 0.15) is 58.3 Å². The Morgan fingerprint density at radius 3 is 2.65 bits per heavy atom. The van der Waals surface area contributed by atoms with Crippen molar-refractivity contribution in [1.29, 1.82) is 0 Å². The average molecular weight is 282 g/mol. The zero-order chi connectivity index (χ0) is 14.3. The molecule has 0 atom stereocenters. The Morgan fingerprint density at radius 2 is 2.00 bits per heavy atom. The molecule has 0 radical (unpaired) electrons. The van der Waals surface area contributed by atoms with Crippen LogP contribution in [0.4, 0.5) is 0 Å². The maximum absolute atomic E-state index is 11.9. The van der Waals surface area contributed by atoms with E-state index < -0.39 is 0 Å². The van der Waals surface area contributed by atoms with Crippen LogP contribution in [-0.2, 0) is 9.53 Å². The van der Waals surface area contributed by atoms with Gasteiger partial charge >= 0.3 is 0 Å². The summed E-state index contributed by atoms with van der Waals surface area (Å²) >= 11 is 0. The van der Waals surface area contributed by atoms with Crippen molar-refractivity contribution in [2.45, 2.75) is 63.9 Å². The van der Waals surface area contributed by atoms with Crippen molar-refractivity contribution in [3.8, 4) is 0 Å². The molecule has 116 valence electrons. The summed E-state index contributed by atoms with van der Waals surface area (Å²) < 4.78 is 6.09. The number of carbonyl (C=O) groups is 1. The molecule has 2 aliphatic rings. The Morgan fingerprint density at radius 1 is 1.25 bits per heavy atom. The van der Waals surface area contributed by atoms with E-state index in [0.29, 0.717) is 13.1 Å². The van der Waals surface area contributed by atoms with E-state index in [2.05, 4.69) is 17.6 Å². The molecule has 4 heteroatoms. The Bertz CT molecular complexity index is 297. The summed E-state index contributed by atoms with van der Waals surface area (Å²) in [4.78, 5) is 11.9. The van der Waals surface area contributed by atoms with Crippen LogP contribution >= 0.6 is 0 Å². The lowest BCUT2D eigenvalue weighted by atomic mass is 9.84. The van der Waals surface area contributed by atoms with E-state index in [1.54, 1.807) is 0 Å². The third-order valence-electron chi connectivity index (χ3n) is 4.40. The number of amides is 1. The van der Waals surface area contributed by atoms with Gasteiger partial charge in [0.2, 0.25) is 5.91 Å². The second kappa shape index (κ2) is 7.99. The van der Waals surface area contributed by atoms with Crippen LogP contribution in [0.25, 0.3) is 0 Å². The Labute approximate surface area is 123 Å². The van der Waals surface area contributed by atoms with Crippen LogP contribution in [-0.4, -0.2) is 37.7 Å². The lowest BCUT2D eigenvalue weighted by Gasteiger charge is -2.37. The highest BCUT2D eigenvalue weighted by atomic mass is 16.5. The van der Waals surface area contributed by atoms with Crippen LogP contribution in [0.5, 0.6) is 0 Å². The zero-order valence-corrected chi connectivity index (χ0v) is 12.9. The number of carbonyl (C=O) groups excluding carboxylic acids is 1. The topological polar surface area (TPSA) is 50.4 Å². The van der Waals surface area contributed by atoms with Crippen molar-refractivity contribution in [2.24, 2.45) is 5.92 Å². The molecule has 0 bridgehead atoms. The summed E-state index contributed by atoms with van der Waals surface area (Å²) in [6, 6.07) is 0. The monoisotopic (exact) mass is 282 g/mol. The summed E-state index contributed by atoms with van der Waals surface area (Å²) in [6.45, 7) is 5.05. The molecule has 0 aliphatic heterocycles. The van der Waals surface area contributed by atoms with Gasteiger partial charge in [-0.05, 0) is 44.6 Å². The molecule has 0 saturated heterocycles. The maximum Gasteiger partial charge on any atom is 0.234 e. The number of rotatable bonds is 9. The Hall–Kier alpha value is -0.610. The van der Waals surface area contributed by atoms with Gasteiger partial charge in [0.1, 0.15) is 0 Å². The second-order valence-electron chi connectivity index (χ2n) is 6.44. The van der Waals surface area contributed by atoms with Gasteiger partial charge < -0.3 is 15.4 Å². The highest BCUT2D eigenvalue weighted by Crippen LogP contribution is 2.31. The minimum atomic E-state index is -0.0968. The van der Waals surface area contributed by atoms with Gasteiger partial charge in [0, 0.05) is 13.2 Å². The Kier molecular flexibility index (Phi) is 6.30. The molecular formula is C16H30N2O2. The second-order valence-corrected chi connectivity index (χ2v) is 6.44. The molecule has 20 heavy (non-hydrogen) atoms. The van der Waals surface area contributed by atoms with Crippen molar-refractivity contribution in [3.63, 3.8) is 0 Å². The largest absolute Gasteiger partial charge is 0.373 e. The highest BCUT2D eigenvalue weighted by Gasteiger charge is 2.33. The third-order valence-corrected chi connectivity index (χ3v) is 4.40. The molecule has 0 heterocycles. The first kappa shape index (κ1) is 15.8. The summed E-state index contributed by atoms with van der Waals surface area (Å²) in [6.07, 6.45) is 9.60. The number of ether oxygens (including phenoxy) is 1.